The van der Waals surface area contributed by atoms with Crippen molar-refractivity contribution < 1.29 is 9.53 Å². The first-order chi connectivity index (χ1) is 9.51. The maximum Gasteiger partial charge on any atom is 0.252 e. The minimum absolute atomic E-state index is 0.0391. The normalized spacial score (nSPS) is 11.2. The first-order valence-corrected chi connectivity index (χ1v) is 8.02. The number of rotatable bonds is 7. The van der Waals surface area contributed by atoms with Crippen LogP contribution in [0.25, 0.3) is 0 Å². The van der Waals surface area contributed by atoms with Gasteiger partial charge in [-0.25, -0.2) is 0 Å². The van der Waals surface area contributed by atoms with Gasteiger partial charge >= 0.3 is 0 Å². The van der Waals surface area contributed by atoms with E-state index in [4.69, 9.17) is 16.3 Å². The molecule has 0 atom stereocenters. The Bertz CT molecular complexity index is 453. The zero-order valence-electron chi connectivity index (χ0n) is 12.1. The van der Waals surface area contributed by atoms with Crippen LogP contribution in [0.3, 0.4) is 0 Å². The van der Waals surface area contributed by atoms with Crippen molar-refractivity contribution in [3.8, 4) is 5.75 Å². The van der Waals surface area contributed by atoms with Crippen LogP contribution < -0.4 is 10.1 Å². The Morgan fingerprint density at radius 2 is 2.05 bits per heavy atom. The third kappa shape index (κ3) is 4.13. The van der Waals surface area contributed by atoms with Crippen molar-refractivity contribution in [3.63, 3.8) is 0 Å². The maximum atomic E-state index is 12.3. The maximum absolute atomic E-state index is 12.3. The summed E-state index contributed by atoms with van der Waals surface area (Å²) in [5.74, 6) is 1.08. The summed E-state index contributed by atoms with van der Waals surface area (Å²) >= 11 is 9.44. The first-order valence-electron chi connectivity index (χ1n) is 6.69. The average Bonchev–Trinajstić information content (AvgIpc) is 2.49. The molecule has 0 aliphatic rings. The second-order valence-electron chi connectivity index (χ2n) is 4.87. The molecule has 0 saturated heterocycles. The molecule has 0 fully saturated rings. The van der Waals surface area contributed by atoms with Gasteiger partial charge in [0.2, 0.25) is 0 Å². The molecule has 1 N–H and O–H groups in total. The number of hydrogen-bond donors (Lipinski definition) is 1. The number of alkyl halides is 1. The Morgan fingerprint density at radius 1 is 1.40 bits per heavy atom. The molecule has 3 nitrogen and oxygen atoms in total. The van der Waals surface area contributed by atoms with Crippen molar-refractivity contribution in [1.82, 2.24) is 5.32 Å². The fourth-order valence-electron chi connectivity index (χ4n) is 1.90. The first kappa shape index (κ1) is 17.3. The third-order valence-electron chi connectivity index (χ3n) is 3.83. The van der Waals surface area contributed by atoms with E-state index >= 15 is 0 Å². The van der Waals surface area contributed by atoms with Crippen molar-refractivity contribution in [3.05, 3.63) is 28.2 Å². The number of halogens is 2. The van der Waals surface area contributed by atoms with Crippen LogP contribution in [0.2, 0.25) is 0 Å². The number of methoxy groups -OCH3 is 1. The molecular weight excluding hydrogens is 342 g/mol. The van der Waals surface area contributed by atoms with Crippen LogP contribution in [0.15, 0.2) is 22.7 Å². The molecule has 5 heteroatoms. The number of amides is 1. The second kappa shape index (κ2) is 7.89. The molecule has 0 unspecified atom stereocenters. The van der Waals surface area contributed by atoms with Gasteiger partial charge in [-0.15, -0.1) is 11.6 Å². The molecule has 1 amide bonds. The number of carbonyl (C=O) groups excluding carboxylic acids is 1. The molecule has 112 valence electrons. The van der Waals surface area contributed by atoms with Crippen molar-refractivity contribution in [2.45, 2.75) is 26.7 Å². The quantitative estimate of drug-likeness (QED) is 0.737. The summed E-state index contributed by atoms with van der Waals surface area (Å²) < 4.78 is 5.90. The van der Waals surface area contributed by atoms with Crippen LogP contribution in [0, 0.1) is 5.41 Å². The minimum atomic E-state index is -0.118. The standard InChI is InChI=1S/C15H21BrClNO2/c1-4-15(5-2,9-17)10-18-14(19)12-8-11(20-3)6-7-13(12)16/h6-8H,4-5,9-10H2,1-3H3,(H,18,19). The summed E-state index contributed by atoms with van der Waals surface area (Å²) in [6.45, 7) is 4.77. The van der Waals surface area contributed by atoms with E-state index in [0.29, 0.717) is 23.7 Å². The highest BCUT2D eigenvalue weighted by molar-refractivity contribution is 9.10. The molecule has 0 aromatic heterocycles. The van der Waals surface area contributed by atoms with Gasteiger partial charge in [0.1, 0.15) is 5.75 Å². The van der Waals surface area contributed by atoms with Crippen molar-refractivity contribution in [2.24, 2.45) is 5.41 Å². The lowest BCUT2D eigenvalue weighted by atomic mass is 9.84. The van der Waals surface area contributed by atoms with E-state index in [2.05, 4.69) is 35.1 Å². The van der Waals surface area contributed by atoms with Gasteiger partial charge in [-0.05, 0) is 47.0 Å². The zero-order chi connectivity index (χ0) is 15.2. The Kier molecular flexibility index (Phi) is 6.83. The Hall–Kier alpha value is -0.740. The van der Waals surface area contributed by atoms with E-state index < -0.39 is 0 Å². The predicted molar refractivity (Wildman–Crippen MR) is 86.8 cm³/mol. The van der Waals surface area contributed by atoms with Crippen LogP contribution in [0.5, 0.6) is 5.75 Å². The lowest BCUT2D eigenvalue weighted by Gasteiger charge is -2.29. The average molecular weight is 363 g/mol. The summed E-state index contributed by atoms with van der Waals surface area (Å²) in [5.41, 5.74) is 0.530. The van der Waals surface area contributed by atoms with Crippen LogP contribution in [-0.4, -0.2) is 25.4 Å². The van der Waals surface area contributed by atoms with Gasteiger partial charge in [-0.3, -0.25) is 4.79 Å². The number of benzene rings is 1. The third-order valence-corrected chi connectivity index (χ3v) is 5.08. The molecule has 0 aliphatic heterocycles. The van der Waals surface area contributed by atoms with Crippen molar-refractivity contribution in [2.75, 3.05) is 19.5 Å². The van der Waals surface area contributed by atoms with Crippen molar-refractivity contribution in [1.29, 1.82) is 0 Å². The summed E-state index contributed by atoms with van der Waals surface area (Å²) in [4.78, 5) is 12.3. The Balaban J connectivity index is 2.81. The topological polar surface area (TPSA) is 38.3 Å². The van der Waals surface area contributed by atoms with E-state index in [-0.39, 0.29) is 11.3 Å². The van der Waals surface area contributed by atoms with E-state index in [1.165, 1.54) is 0 Å². The largest absolute Gasteiger partial charge is 0.497 e. The van der Waals surface area contributed by atoms with Gasteiger partial charge in [0.15, 0.2) is 0 Å². The van der Waals surface area contributed by atoms with Gasteiger partial charge in [-0.2, -0.15) is 0 Å². The monoisotopic (exact) mass is 361 g/mol. The fourth-order valence-corrected chi connectivity index (χ4v) is 2.80. The summed E-state index contributed by atoms with van der Waals surface area (Å²) in [5, 5.41) is 2.98. The number of ether oxygens (including phenoxy) is 1. The van der Waals surface area contributed by atoms with Gasteiger partial charge < -0.3 is 10.1 Å². The smallest absolute Gasteiger partial charge is 0.252 e. The van der Waals surface area contributed by atoms with E-state index in [9.17, 15) is 4.79 Å². The lowest BCUT2D eigenvalue weighted by molar-refractivity contribution is 0.0930. The summed E-state index contributed by atoms with van der Waals surface area (Å²) in [6.07, 6.45) is 1.87. The Morgan fingerprint density at radius 3 is 2.55 bits per heavy atom. The van der Waals surface area contributed by atoms with E-state index in [1.807, 2.05) is 12.1 Å². The summed E-state index contributed by atoms with van der Waals surface area (Å²) in [6, 6.07) is 5.34. The Labute approximate surface area is 134 Å². The number of hydrogen-bond acceptors (Lipinski definition) is 2. The lowest BCUT2D eigenvalue weighted by Crippen LogP contribution is -2.38. The molecule has 1 aromatic carbocycles. The fraction of sp³-hybridized carbons (Fsp3) is 0.533. The van der Waals surface area contributed by atoms with Crippen LogP contribution in [0.1, 0.15) is 37.0 Å². The number of carbonyl (C=O) groups is 1. The van der Waals surface area contributed by atoms with Crippen LogP contribution >= 0.6 is 27.5 Å². The molecule has 1 aromatic rings. The molecule has 0 saturated carbocycles. The van der Waals surface area contributed by atoms with Crippen LogP contribution in [-0.2, 0) is 0 Å². The molecule has 1 rings (SSSR count). The molecule has 0 radical (unpaired) electrons. The molecule has 20 heavy (non-hydrogen) atoms. The van der Waals surface area contributed by atoms with Crippen molar-refractivity contribution >= 4 is 33.4 Å². The molecule has 0 heterocycles. The highest BCUT2D eigenvalue weighted by Crippen LogP contribution is 2.28. The van der Waals surface area contributed by atoms with E-state index in [1.54, 1.807) is 13.2 Å². The predicted octanol–water partition coefficient (Wildman–Crippen LogP) is 4.23. The second-order valence-corrected chi connectivity index (χ2v) is 5.99. The van der Waals surface area contributed by atoms with Gasteiger partial charge in [0.25, 0.3) is 5.91 Å². The molecular formula is C15H21BrClNO2. The van der Waals surface area contributed by atoms with Gasteiger partial charge in [0, 0.05) is 22.3 Å². The SMILES string of the molecule is CCC(CC)(CCl)CNC(=O)c1cc(OC)ccc1Br. The molecule has 0 spiro atoms. The minimum Gasteiger partial charge on any atom is -0.497 e. The molecule has 0 aliphatic carbocycles. The summed E-state index contributed by atoms with van der Waals surface area (Å²) in [7, 11) is 1.58. The van der Waals surface area contributed by atoms with E-state index in [0.717, 1.165) is 17.3 Å². The van der Waals surface area contributed by atoms with Crippen LogP contribution in [0.4, 0.5) is 0 Å². The van der Waals surface area contributed by atoms with Gasteiger partial charge in [-0.1, -0.05) is 13.8 Å². The highest BCUT2D eigenvalue weighted by Gasteiger charge is 2.26. The van der Waals surface area contributed by atoms with Gasteiger partial charge in [0.05, 0.1) is 12.7 Å². The highest BCUT2D eigenvalue weighted by atomic mass is 79.9. The number of nitrogens with one attached hydrogen (secondary N) is 1. The molecule has 0 bridgehead atoms. The zero-order valence-corrected chi connectivity index (χ0v) is 14.5.